The smallest absolute Gasteiger partial charge is 0.329 e. The number of hydrogen-bond acceptors (Lipinski definition) is 10. The van der Waals surface area contributed by atoms with Gasteiger partial charge in [-0.1, -0.05) is 17.9 Å². The highest BCUT2D eigenvalue weighted by atomic mass is 19.3. The highest BCUT2D eigenvalue weighted by molar-refractivity contribution is 6.08. The Labute approximate surface area is 361 Å². The minimum absolute atomic E-state index is 0.00719. The van der Waals surface area contributed by atoms with Gasteiger partial charge in [-0.05, 0) is 75.0 Å². The van der Waals surface area contributed by atoms with Crippen molar-refractivity contribution in [1.82, 2.24) is 48.6 Å². The van der Waals surface area contributed by atoms with E-state index in [0.717, 1.165) is 95.7 Å². The second-order valence-corrected chi connectivity index (χ2v) is 17.9. The van der Waals surface area contributed by atoms with Crippen LogP contribution in [0.3, 0.4) is 0 Å². The number of hydrogen-bond donors (Lipinski definition) is 2. The van der Waals surface area contributed by atoms with E-state index in [2.05, 4.69) is 42.5 Å². The van der Waals surface area contributed by atoms with E-state index in [-0.39, 0.29) is 53.8 Å². The molecule has 3 amide bonds. The van der Waals surface area contributed by atoms with Crippen LogP contribution in [-0.4, -0.2) is 113 Å². The molecule has 5 fully saturated rings. The lowest BCUT2D eigenvalue weighted by Crippen LogP contribution is -2.48. The first-order chi connectivity index (χ1) is 30.6. The van der Waals surface area contributed by atoms with Crippen LogP contribution in [0.5, 0.6) is 0 Å². The van der Waals surface area contributed by atoms with E-state index in [1.807, 2.05) is 24.3 Å². The summed E-state index contributed by atoms with van der Waals surface area (Å²) in [5, 5.41) is 13.7. The van der Waals surface area contributed by atoms with Gasteiger partial charge in [0.05, 0.1) is 47.2 Å². The van der Waals surface area contributed by atoms with Gasteiger partial charge < -0.3 is 15.0 Å². The zero-order valence-corrected chi connectivity index (χ0v) is 35.2. The molecule has 2 aliphatic carbocycles. The Morgan fingerprint density at radius 1 is 1.03 bits per heavy atom. The minimum atomic E-state index is -2.85. The molecule has 63 heavy (non-hydrogen) atoms. The minimum Gasteiger partial charge on any atom is -0.378 e. The molecule has 1 aromatic carbocycles. The molecule has 2 N–H and O–H groups in total. The fourth-order valence-electron chi connectivity index (χ4n) is 10.6. The number of carbonyl (C=O) groups excluding carboxylic acids is 3. The summed E-state index contributed by atoms with van der Waals surface area (Å²) in [7, 11) is 1.68. The Morgan fingerprint density at radius 3 is 2.59 bits per heavy atom. The van der Waals surface area contributed by atoms with Gasteiger partial charge in [0.2, 0.25) is 11.8 Å². The Balaban J connectivity index is 0.700. The number of amides is 3. The van der Waals surface area contributed by atoms with E-state index in [4.69, 9.17) is 9.72 Å². The number of ether oxygens (including phenoxy) is 1. The molecule has 16 nitrogen and oxygen atoms in total. The van der Waals surface area contributed by atoms with Gasteiger partial charge in [-0.25, -0.2) is 23.1 Å². The van der Waals surface area contributed by atoms with E-state index in [9.17, 15) is 28.0 Å². The predicted octanol–water partition coefficient (Wildman–Crippen LogP) is 4.43. The molecule has 2 unspecified atom stereocenters. The predicted molar refractivity (Wildman–Crippen MR) is 227 cm³/mol. The van der Waals surface area contributed by atoms with Gasteiger partial charge in [0.1, 0.15) is 11.6 Å². The molecule has 2 saturated carbocycles. The van der Waals surface area contributed by atoms with Gasteiger partial charge >= 0.3 is 5.69 Å². The van der Waals surface area contributed by atoms with Crippen molar-refractivity contribution in [1.29, 1.82) is 0 Å². The van der Waals surface area contributed by atoms with Gasteiger partial charge in [0.25, 0.3) is 12.3 Å². The van der Waals surface area contributed by atoms with Crippen molar-refractivity contribution in [3.8, 4) is 11.8 Å². The molecule has 18 heteroatoms. The maximum absolute atomic E-state index is 14.3. The number of para-hydroxylation sites is 1. The fourth-order valence-corrected chi connectivity index (χ4v) is 10.6. The third-order valence-corrected chi connectivity index (χ3v) is 14.0. The van der Waals surface area contributed by atoms with Crippen molar-refractivity contribution >= 4 is 40.1 Å². The summed E-state index contributed by atoms with van der Waals surface area (Å²) in [6.07, 6.45) is 8.81. The quantitative estimate of drug-likeness (QED) is 0.152. The maximum Gasteiger partial charge on any atom is 0.329 e. The number of aryl methyl sites for hydroxylation is 1. The van der Waals surface area contributed by atoms with Crippen LogP contribution < -0.4 is 16.3 Å². The van der Waals surface area contributed by atoms with Crippen molar-refractivity contribution in [3.05, 3.63) is 75.9 Å². The van der Waals surface area contributed by atoms with E-state index < -0.39 is 30.0 Å². The first-order valence-electron chi connectivity index (χ1n) is 22.2. The number of fused-ring (bicyclic) bond motifs is 4. The van der Waals surface area contributed by atoms with Crippen LogP contribution in [0.1, 0.15) is 110 Å². The molecule has 3 aliphatic heterocycles. The number of halogens is 2. The molecule has 5 aliphatic rings. The summed E-state index contributed by atoms with van der Waals surface area (Å²) in [6.45, 7) is 6.35. The standard InChI is InChI=1S/C45H51F2N11O5/c1-53-40-28(6-4-7-36(40)58(45(53)62)37-12-13-38(59)51-44(37)61)5-2-3-15-54-17-19-55(20-18-54)24-27-8-10-30(11-9-27)57-25-35(39(52-57)41(46)47)50-43(60)33-23-48-56-16-14-34(49-42(33)56)32-22-31-21-29(32)26-63-31/h4,6-7,14,16,23,25,27,29-32,37,41H,3,8-13,15,17-22,24,26H2,1H3,(H,50,60)(H,51,59,61)/t27?,29-,30?,31-,32?,37?/m1/s1. The number of imide groups is 1. The summed E-state index contributed by atoms with van der Waals surface area (Å²) in [5.74, 6) is 6.41. The summed E-state index contributed by atoms with van der Waals surface area (Å²) in [4.78, 5) is 60.9. The van der Waals surface area contributed by atoms with Crippen LogP contribution in [0, 0.1) is 23.7 Å². The number of anilines is 1. The van der Waals surface area contributed by atoms with Crippen LogP contribution >= 0.6 is 0 Å². The zero-order valence-electron chi connectivity index (χ0n) is 35.2. The van der Waals surface area contributed by atoms with Gasteiger partial charge in [0, 0.05) is 83.2 Å². The summed E-state index contributed by atoms with van der Waals surface area (Å²) < 4.78 is 40.5. The Morgan fingerprint density at radius 2 is 1.84 bits per heavy atom. The molecule has 4 aromatic heterocycles. The Kier molecular flexibility index (Phi) is 11.2. The SMILES string of the molecule is Cn1c(=O)n(C2CCC(=O)NC2=O)c2cccc(C#CCCN3CCN(CC4CCC(n5cc(NC(=O)c6cnn7ccc(C8C[C@H]9C[C@@H]8CO9)nc67)c(C(F)F)n5)CC4)CC3)c21. The third kappa shape index (κ3) is 8.06. The van der Waals surface area contributed by atoms with Crippen LogP contribution in [0.4, 0.5) is 14.5 Å². The molecule has 3 saturated heterocycles. The number of aromatic nitrogens is 7. The van der Waals surface area contributed by atoms with Gasteiger partial charge in [-0.2, -0.15) is 10.2 Å². The number of carbonyl (C=O) groups is 3. The Bertz CT molecular complexity index is 2690. The summed E-state index contributed by atoms with van der Waals surface area (Å²) in [5.41, 5.74) is 2.80. The van der Waals surface area contributed by atoms with Crippen molar-refractivity contribution < 1.29 is 27.9 Å². The van der Waals surface area contributed by atoms with Crippen molar-refractivity contribution in [2.75, 3.05) is 51.2 Å². The molecule has 0 radical (unpaired) electrons. The lowest BCUT2D eigenvalue weighted by Gasteiger charge is -2.38. The molecule has 0 spiro atoms. The van der Waals surface area contributed by atoms with E-state index in [0.29, 0.717) is 34.9 Å². The fraction of sp³-hybridized carbons (Fsp3) is 0.533. The van der Waals surface area contributed by atoms with Crippen molar-refractivity contribution in [3.63, 3.8) is 0 Å². The summed E-state index contributed by atoms with van der Waals surface area (Å²) >= 11 is 0. The van der Waals surface area contributed by atoms with E-state index >= 15 is 0 Å². The Hall–Kier alpha value is -5.77. The molecule has 2 bridgehead atoms. The number of alkyl halides is 2. The number of piperazine rings is 1. The third-order valence-electron chi connectivity index (χ3n) is 14.0. The largest absolute Gasteiger partial charge is 0.378 e. The monoisotopic (exact) mass is 863 g/mol. The molecule has 4 atom stereocenters. The molecular weight excluding hydrogens is 813 g/mol. The normalized spacial score (nSPS) is 25.5. The topological polar surface area (TPSA) is 166 Å². The number of nitrogens with one attached hydrogen (secondary N) is 2. The highest BCUT2D eigenvalue weighted by Crippen LogP contribution is 2.45. The molecule has 5 aromatic rings. The zero-order chi connectivity index (χ0) is 43.4. The molecular formula is C45H51F2N11O5. The van der Waals surface area contributed by atoms with Crippen LogP contribution in [0.15, 0.2) is 47.7 Å². The lowest BCUT2D eigenvalue weighted by atomic mass is 9.85. The number of nitrogens with zero attached hydrogens (tertiary/aromatic N) is 9. The van der Waals surface area contributed by atoms with Crippen molar-refractivity contribution in [2.45, 2.75) is 88.3 Å². The van der Waals surface area contributed by atoms with Crippen LogP contribution in [-0.2, 0) is 21.4 Å². The molecule has 7 heterocycles. The van der Waals surface area contributed by atoms with Gasteiger partial charge in [-0.3, -0.25) is 38.4 Å². The van der Waals surface area contributed by atoms with Crippen LogP contribution in [0.2, 0.25) is 0 Å². The number of rotatable bonds is 10. The second kappa shape index (κ2) is 17.1. The first-order valence-corrected chi connectivity index (χ1v) is 22.2. The molecule has 330 valence electrons. The van der Waals surface area contributed by atoms with E-state index in [1.165, 1.54) is 15.3 Å². The highest BCUT2D eigenvalue weighted by Gasteiger charge is 2.42. The van der Waals surface area contributed by atoms with E-state index in [1.54, 1.807) is 28.6 Å². The maximum atomic E-state index is 14.3. The first kappa shape index (κ1) is 41.3. The summed E-state index contributed by atoms with van der Waals surface area (Å²) in [6, 6.07) is 6.70. The number of piperidine rings is 1. The average molecular weight is 864 g/mol. The van der Waals surface area contributed by atoms with Gasteiger partial charge in [0.15, 0.2) is 11.3 Å². The lowest BCUT2D eigenvalue weighted by molar-refractivity contribution is -0.135. The van der Waals surface area contributed by atoms with Crippen LogP contribution in [0.25, 0.3) is 16.7 Å². The van der Waals surface area contributed by atoms with Gasteiger partial charge in [-0.15, -0.1) is 0 Å². The average Bonchev–Trinajstić information content (AvgIpc) is 4.13. The second-order valence-electron chi connectivity index (χ2n) is 17.9. The molecule has 10 rings (SSSR count). The number of imidazole rings is 1. The number of benzene rings is 1. The van der Waals surface area contributed by atoms with Crippen molar-refractivity contribution in [2.24, 2.45) is 18.9 Å².